The lowest BCUT2D eigenvalue weighted by molar-refractivity contribution is 0.0695. The number of piperidine rings is 1. The van der Waals surface area contributed by atoms with Crippen LogP contribution < -0.4 is 5.32 Å². The van der Waals surface area contributed by atoms with Crippen LogP contribution >= 0.6 is 11.6 Å². The minimum Gasteiger partial charge on any atom is -0.507 e. The van der Waals surface area contributed by atoms with E-state index < -0.39 is 11.7 Å². The van der Waals surface area contributed by atoms with Crippen LogP contribution in [-0.2, 0) is 0 Å². The van der Waals surface area contributed by atoms with Gasteiger partial charge in [0.05, 0.1) is 16.1 Å². The van der Waals surface area contributed by atoms with Gasteiger partial charge in [0, 0.05) is 19.1 Å². The summed E-state index contributed by atoms with van der Waals surface area (Å²) in [6.07, 6.45) is 1.08. The average molecular weight is 377 g/mol. The zero-order valence-electron chi connectivity index (χ0n) is 13.9. The summed E-state index contributed by atoms with van der Waals surface area (Å²) in [5.74, 6) is -1.52. The number of likely N-dealkylation sites (tertiary alicyclic amines) is 1. The Bertz CT molecular complexity index is 815. The lowest BCUT2D eigenvalue weighted by Crippen LogP contribution is -2.46. The summed E-state index contributed by atoms with van der Waals surface area (Å²) in [6.45, 7) is 0.867. The van der Waals surface area contributed by atoms with Crippen LogP contribution in [0.25, 0.3) is 0 Å². The second-order valence-corrected chi connectivity index (χ2v) is 6.56. The fraction of sp³-hybridized carbons (Fsp3) is 0.263. The van der Waals surface area contributed by atoms with E-state index in [-0.39, 0.29) is 33.8 Å². The van der Waals surface area contributed by atoms with E-state index in [2.05, 4.69) is 5.32 Å². The molecular formula is C19H18ClFN2O3. The number of hydrogen-bond donors (Lipinski definition) is 2. The van der Waals surface area contributed by atoms with Crippen molar-refractivity contribution in [2.75, 3.05) is 13.1 Å². The second kappa shape index (κ2) is 7.74. The van der Waals surface area contributed by atoms with Crippen LogP contribution in [0.5, 0.6) is 5.75 Å². The number of rotatable bonds is 3. The molecule has 0 saturated carbocycles. The van der Waals surface area contributed by atoms with Crippen LogP contribution in [0.4, 0.5) is 4.39 Å². The quantitative estimate of drug-likeness (QED) is 0.864. The van der Waals surface area contributed by atoms with Crippen molar-refractivity contribution in [3.05, 3.63) is 64.4 Å². The number of phenolic OH excluding ortho intramolecular Hbond substituents is 1. The van der Waals surface area contributed by atoms with Crippen LogP contribution in [0.1, 0.15) is 33.6 Å². The van der Waals surface area contributed by atoms with Crippen molar-refractivity contribution in [3.8, 4) is 5.75 Å². The molecule has 0 atom stereocenters. The number of nitrogens with one attached hydrogen (secondary N) is 1. The number of aromatic hydroxyl groups is 1. The van der Waals surface area contributed by atoms with Crippen LogP contribution in [0.15, 0.2) is 42.5 Å². The first-order valence-electron chi connectivity index (χ1n) is 8.29. The Morgan fingerprint density at radius 1 is 1.12 bits per heavy atom. The first-order valence-corrected chi connectivity index (χ1v) is 8.67. The van der Waals surface area contributed by atoms with Gasteiger partial charge in [-0.15, -0.1) is 0 Å². The number of phenols is 1. The molecule has 2 aromatic carbocycles. The molecule has 2 aromatic rings. The standard InChI is InChI=1S/C19H18ClFN2O3/c20-14-5-3-6-15(21)17(14)18(25)22-12-8-10-23(11-9-12)19(26)13-4-1-2-7-16(13)24/h1-7,12,24H,8-11H2,(H,22,25). The molecule has 1 aliphatic rings. The van der Waals surface area contributed by atoms with E-state index >= 15 is 0 Å². The number of benzene rings is 2. The Morgan fingerprint density at radius 2 is 1.81 bits per heavy atom. The molecule has 0 aliphatic carbocycles. The molecule has 1 saturated heterocycles. The maximum Gasteiger partial charge on any atom is 0.257 e. The summed E-state index contributed by atoms with van der Waals surface area (Å²) < 4.78 is 13.8. The lowest BCUT2D eigenvalue weighted by atomic mass is 10.0. The molecule has 26 heavy (non-hydrogen) atoms. The number of carbonyl (C=O) groups excluding carboxylic acids is 2. The number of halogens is 2. The Labute approximate surface area is 155 Å². The maximum atomic E-state index is 13.8. The van der Waals surface area contributed by atoms with E-state index in [0.29, 0.717) is 25.9 Å². The molecule has 3 rings (SSSR count). The van der Waals surface area contributed by atoms with Gasteiger partial charge in [0.1, 0.15) is 11.6 Å². The summed E-state index contributed by atoms with van der Waals surface area (Å²) in [5.41, 5.74) is 0.0926. The van der Waals surface area contributed by atoms with Crippen LogP contribution in [0.2, 0.25) is 5.02 Å². The fourth-order valence-electron chi connectivity index (χ4n) is 3.02. The minimum absolute atomic E-state index is 0.0536. The summed E-state index contributed by atoms with van der Waals surface area (Å²) in [6, 6.07) is 10.3. The first-order chi connectivity index (χ1) is 12.5. The van der Waals surface area contributed by atoms with Gasteiger partial charge in [-0.25, -0.2) is 4.39 Å². The van der Waals surface area contributed by atoms with Gasteiger partial charge < -0.3 is 15.3 Å². The molecule has 0 aromatic heterocycles. The smallest absolute Gasteiger partial charge is 0.257 e. The Balaban J connectivity index is 1.60. The molecule has 1 heterocycles. The highest BCUT2D eigenvalue weighted by molar-refractivity contribution is 6.33. The average Bonchev–Trinajstić information content (AvgIpc) is 2.62. The van der Waals surface area contributed by atoms with Gasteiger partial charge in [0.15, 0.2) is 0 Å². The number of amides is 2. The van der Waals surface area contributed by atoms with Crippen LogP contribution in [0, 0.1) is 5.82 Å². The zero-order valence-corrected chi connectivity index (χ0v) is 14.7. The highest BCUT2D eigenvalue weighted by Gasteiger charge is 2.27. The first kappa shape index (κ1) is 18.2. The lowest BCUT2D eigenvalue weighted by Gasteiger charge is -2.32. The highest BCUT2D eigenvalue weighted by atomic mass is 35.5. The number of nitrogens with zero attached hydrogens (tertiary/aromatic N) is 1. The van der Waals surface area contributed by atoms with Gasteiger partial charge in [-0.1, -0.05) is 29.8 Å². The van der Waals surface area contributed by atoms with Crippen molar-refractivity contribution in [2.45, 2.75) is 18.9 Å². The fourth-order valence-corrected chi connectivity index (χ4v) is 3.27. The summed E-state index contributed by atoms with van der Waals surface area (Å²) in [7, 11) is 0. The van der Waals surface area contributed by atoms with Gasteiger partial charge in [-0.2, -0.15) is 0 Å². The number of hydrogen-bond acceptors (Lipinski definition) is 3. The third-order valence-electron chi connectivity index (χ3n) is 4.44. The minimum atomic E-state index is -0.665. The monoisotopic (exact) mass is 376 g/mol. The van der Waals surface area contributed by atoms with E-state index in [4.69, 9.17) is 11.6 Å². The molecule has 0 radical (unpaired) electrons. The molecule has 0 bridgehead atoms. The molecule has 1 aliphatic heterocycles. The molecule has 0 unspecified atom stereocenters. The third kappa shape index (κ3) is 3.80. The van der Waals surface area contributed by atoms with Crippen molar-refractivity contribution >= 4 is 23.4 Å². The van der Waals surface area contributed by atoms with E-state index in [9.17, 15) is 19.1 Å². The van der Waals surface area contributed by atoms with E-state index in [1.165, 1.54) is 24.3 Å². The third-order valence-corrected chi connectivity index (χ3v) is 4.76. The van der Waals surface area contributed by atoms with Crippen LogP contribution in [0.3, 0.4) is 0 Å². The number of carbonyl (C=O) groups is 2. The largest absolute Gasteiger partial charge is 0.507 e. The molecule has 136 valence electrons. The maximum absolute atomic E-state index is 13.8. The SMILES string of the molecule is O=C(NC1CCN(C(=O)c2ccccc2O)CC1)c1c(F)cccc1Cl. The van der Waals surface area contributed by atoms with Crippen molar-refractivity contribution in [2.24, 2.45) is 0 Å². The Morgan fingerprint density at radius 3 is 2.46 bits per heavy atom. The normalized spacial score (nSPS) is 14.9. The highest BCUT2D eigenvalue weighted by Crippen LogP contribution is 2.22. The van der Waals surface area contributed by atoms with Crippen molar-refractivity contribution in [1.82, 2.24) is 10.2 Å². The van der Waals surface area contributed by atoms with Crippen molar-refractivity contribution in [3.63, 3.8) is 0 Å². The van der Waals surface area contributed by atoms with Crippen molar-refractivity contribution < 1.29 is 19.1 Å². The summed E-state index contributed by atoms with van der Waals surface area (Å²) in [5, 5.41) is 12.6. The molecule has 5 nitrogen and oxygen atoms in total. The second-order valence-electron chi connectivity index (χ2n) is 6.15. The van der Waals surface area contributed by atoms with Gasteiger partial charge in [0.25, 0.3) is 11.8 Å². The predicted molar refractivity (Wildman–Crippen MR) is 95.9 cm³/mol. The van der Waals surface area contributed by atoms with E-state index in [1.807, 2.05) is 0 Å². The molecule has 2 N–H and O–H groups in total. The van der Waals surface area contributed by atoms with Gasteiger partial charge >= 0.3 is 0 Å². The van der Waals surface area contributed by atoms with Gasteiger partial charge in [0.2, 0.25) is 0 Å². The Hall–Kier alpha value is -2.60. The van der Waals surface area contributed by atoms with Crippen LogP contribution in [-0.4, -0.2) is 41.0 Å². The number of para-hydroxylation sites is 1. The molecule has 0 spiro atoms. The Kier molecular flexibility index (Phi) is 5.42. The summed E-state index contributed by atoms with van der Waals surface area (Å²) >= 11 is 5.91. The van der Waals surface area contributed by atoms with E-state index in [0.717, 1.165) is 0 Å². The van der Waals surface area contributed by atoms with E-state index in [1.54, 1.807) is 23.1 Å². The van der Waals surface area contributed by atoms with Crippen molar-refractivity contribution in [1.29, 1.82) is 0 Å². The predicted octanol–water partition coefficient (Wildman–Crippen LogP) is 3.22. The van der Waals surface area contributed by atoms with Gasteiger partial charge in [-0.05, 0) is 37.1 Å². The molecular weight excluding hydrogens is 359 g/mol. The summed E-state index contributed by atoms with van der Waals surface area (Å²) in [4.78, 5) is 26.4. The molecule has 2 amide bonds. The molecule has 1 fully saturated rings. The topological polar surface area (TPSA) is 69.6 Å². The zero-order chi connectivity index (χ0) is 18.7. The molecule has 7 heteroatoms. The van der Waals surface area contributed by atoms with Gasteiger partial charge in [-0.3, -0.25) is 9.59 Å².